The first-order valence-corrected chi connectivity index (χ1v) is 7.91. The molecule has 1 unspecified atom stereocenters. The summed E-state index contributed by atoms with van der Waals surface area (Å²) in [5, 5.41) is 10.3. The van der Waals surface area contributed by atoms with Crippen LogP contribution in [0, 0.1) is 5.92 Å². The van der Waals surface area contributed by atoms with Crippen molar-refractivity contribution >= 4 is 17.6 Å². The van der Waals surface area contributed by atoms with E-state index in [1.165, 1.54) is 0 Å². The highest BCUT2D eigenvalue weighted by atomic mass is 15.2. The summed E-state index contributed by atoms with van der Waals surface area (Å²) in [4.78, 5) is 4.62. The van der Waals surface area contributed by atoms with E-state index in [2.05, 4.69) is 34.8 Å². The van der Waals surface area contributed by atoms with Crippen molar-refractivity contribution in [1.82, 2.24) is 5.32 Å². The summed E-state index contributed by atoms with van der Waals surface area (Å²) in [6, 6.07) is 20.4. The van der Waals surface area contributed by atoms with Gasteiger partial charge in [-0.3, -0.25) is 0 Å². The van der Waals surface area contributed by atoms with Gasteiger partial charge in [0.2, 0.25) is 0 Å². The van der Waals surface area contributed by atoms with Crippen LogP contribution in [0.3, 0.4) is 0 Å². The zero-order valence-electron chi connectivity index (χ0n) is 13.5. The Kier molecular flexibility index (Phi) is 4.62. The summed E-state index contributed by atoms with van der Waals surface area (Å²) < 4.78 is 0. The van der Waals surface area contributed by atoms with Gasteiger partial charge in [-0.25, -0.2) is 4.99 Å². The molecule has 0 spiro atoms. The van der Waals surface area contributed by atoms with Gasteiger partial charge in [-0.15, -0.1) is 0 Å². The standard InChI is InChI=1S/C19H22N4/c1-14(2)17-13-20-18(21-15-9-5-3-6-10-15)19(23-17)22-16-11-7-4-8-12-16/h3-14,17,21-23H,1-2H3. The van der Waals surface area contributed by atoms with E-state index in [1.54, 1.807) is 0 Å². The maximum absolute atomic E-state index is 4.62. The molecule has 0 saturated carbocycles. The molecule has 1 atom stereocenters. The molecule has 0 bridgehead atoms. The fraction of sp³-hybridized carbons (Fsp3) is 0.211. The fourth-order valence-corrected chi connectivity index (χ4v) is 2.34. The number of anilines is 2. The molecule has 0 radical (unpaired) electrons. The molecule has 0 fully saturated rings. The van der Waals surface area contributed by atoms with Crippen molar-refractivity contribution in [3.05, 3.63) is 72.3 Å². The molecule has 0 aromatic heterocycles. The van der Waals surface area contributed by atoms with E-state index < -0.39 is 0 Å². The average molecular weight is 306 g/mol. The average Bonchev–Trinajstić information content (AvgIpc) is 2.58. The molecule has 3 rings (SSSR count). The number of nitrogens with one attached hydrogen (secondary N) is 3. The van der Waals surface area contributed by atoms with Crippen molar-refractivity contribution in [2.75, 3.05) is 10.6 Å². The quantitative estimate of drug-likeness (QED) is 0.781. The Morgan fingerprint density at radius 1 is 0.870 bits per heavy atom. The van der Waals surface area contributed by atoms with E-state index >= 15 is 0 Å². The van der Waals surface area contributed by atoms with E-state index in [4.69, 9.17) is 0 Å². The summed E-state index contributed by atoms with van der Waals surface area (Å²) in [6.07, 6.45) is 1.96. The SMILES string of the molecule is CC(C)C1C=NC(Nc2ccccc2)=C(Nc2ccccc2)N1. The van der Waals surface area contributed by atoms with E-state index in [9.17, 15) is 0 Å². The predicted octanol–water partition coefficient (Wildman–Crippen LogP) is 4.04. The lowest BCUT2D eigenvalue weighted by Gasteiger charge is -2.27. The van der Waals surface area contributed by atoms with E-state index in [0.29, 0.717) is 5.92 Å². The zero-order valence-corrected chi connectivity index (χ0v) is 13.5. The lowest BCUT2D eigenvalue weighted by Crippen LogP contribution is -2.40. The molecule has 4 nitrogen and oxygen atoms in total. The first-order valence-electron chi connectivity index (χ1n) is 7.91. The van der Waals surface area contributed by atoms with Gasteiger partial charge >= 0.3 is 0 Å². The maximum atomic E-state index is 4.62. The van der Waals surface area contributed by atoms with Gasteiger partial charge in [0, 0.05) is 17.6 Å². The number of nitrogens with zero attached hydrogens (tertiary/aromatic N) is 1. The normalized spacial score (nSPS) is 17.1. The number of rotatable bonds is 5. The summed E-state index contributed by atoms with van der Waals surface area (Å²) in [6.45, 7) is 4.36. The van der Waals surface area contributed by atoms with Crippen LogP contribution >= 0.6 is 0 Å². The molecule has 2 aromatic rings. The van der Waals surface area contributed by atoms with Crippen molar-refractivity contribution in [3.63, 3.8) is 0 Å². The lowest BCUT2D eigenvalue weighted by atomic mass is 10.1. The molecule has 0 saturated heterocycles. The number of benzene rings is 2. The van der Waals surface area contributed by atoms with E-state index in [1.807, 2.05) is 66.9 Å². The van der Waals surface area contributed by atoms with Crippen LogP contribution in [-0.2, 0) is 0 Å². The molecule has 23 heavy (non-hydrogen) atoms. The van der Waals surface area contributed by atoms with Gasteiger partial charge in [-0.2, -0.15) is 0 Å². The fourth-order valence-electron chi connectivity index (χ4n) is 2.34. The van der Waals surface area contributed by atoms with Gasteiger partial charge in [0.1, 0.15) is 5.82 Å². The van der Waals surface area contributed by atoms with Gasteiger partial charge in [-0.1, -0.05) is 50.2 Å². The van der Waals surface area contributed by atoms with Crippen molar-refractivity contribution in [1.29, 1.82) is 0 Å². The van der Waals surface area contributed by atoms with Crippen molar-refractivity contribution < 1.29 is 0 Å². The van der Waals surface area contributed by atoms with Crippen LogP contribution in [0.15, 0.2) is 77.3 Å². The number of aliphatic imine (C=N–C) groups is 1. The van der Waals surface area contributed by atoms with Crippen molar-refractivity contribution in [3.8, 4) is 0 Å². The lowest BCUT2D eigenvalue weighted by molar-refractivity contribution is 0.525. The molecule has 0 aliphatic carbocycles. The third-order valence-corrected chi connectivity index (χ3v) is 3.71. The molecule has 118 valence electrons. The second-order valence-electron chi connectivity index (χ2n) is 5.90. The first kappa shape index (κ1) is 15.2. The number of hydrogen-bond acceptors (Lipinski definition) is 4. The summed E-state index contributed by atoms with van der Waals surface area (Å²) >= 11 is 0. The highest BCUT2D eigenvalue weighted by molar-refractivity contribution is 5.71. The van der Waals surface area contributed by atoms with Crippen LogP contribution < -0.4 is 16.0 Å². The monoisotopic (exact) mass is 306 g/mol. The molecule has 1 aliphatic heterocycles. The van der Waals surface area contributed by atoms with Crippen molar-refractivity contribution in [2.24, 2.45) is 10.9 Å². The molecule has 4 heteroatoms. The molecular formula is C19H22N4. The van der Waals surface area contributed by atoms with Gasteiger partial charge in [-0.05, 0) is 30.2 Å². The maximum Gasteiger partial charge on any atom is 0.171 e. The Balaban J connectivity index is 1.86. The first-order chi connectivity index (χ1) is 11.2. The van der Waals surface area contributed by atoms with Gasteiger partial charge in [0.15, 0.2) is 5.82 Å². The van der Waals surface area contributed by atoms with Crippen LogP contribution in [0.1, 0.15) is 13.8 Å². The summed E-state index contributed by atoms with van der Waals surface area (Å²) in [7, 11) is 0. The minimum atomic E-state index is 0.211. The highest BCUT2D eigenvalue weighted by Gasteiger charge is 2.19. The van der Waals surface area contributed by atoms with Crippen LogP contribution in [0.2, 0.25) is 0 Å². The van der Waals surface area contributed by atoms with Gasteiger partial charge in [0.25, 0.3) is 0 Å². The number of hydrogen-bond donors (Lipinski definition) is 3. The summed E-state index contributed by atoms with van der Waals surface area (Å²) in [5.41, 5.74) is 2.04. The molecule has 2 aromatic carbocycles. The Morgan fingerprint density at radius 3 is 2.00 bits per heavy atom. The second-order valence-corrected chi connectivity index (χ2v) is 5.90. The molecule has 1 aliphatic rings. The van der Waals surface area contributed by atoms with Crippen LogP contribution in [0.25, 0.3) is 0 Å². The molecule has 1 heterocycles. The van der Waals surface area contributed by atoms with Crippen LogP contribution in [0.4, 0.5) is 11.4 Å². The Labute approximate surface area is 137 Å². The van der Waals surface area contributed by atoms with E-state index in [0.717, 1.165) is 23.0 Å². The highest BCUT2D eigenvalue weighted by Crippen LogP contribution is 2.19. The van der Waals surface area contributed by atoms with Crippen molar-refractivity contribution in [2.45, 2.75) is 19.9 Å². The predicted molar refractivity (Wildman–Crippen MR) is 97.4 cm³/mol. The Bertz CT molecular complexity index is 690. The minimum Gasteiger partial charge on any atom is -0.361 e. The Morgan fingerprint density at radius 2 is 1.43 bits per heavy atom. The molecular weight excluding hydrogens is 284 g/mol. The second kappa shape index (κ2) is 7.01. The summed E-state index contributed by atoms with van der Waals surface area (Å²) in [5.74, 6) is 2.14. The van der Waals surface area contributed by atoms with Crippen LogP contribution in [0.5, 0.6) is 0 Å². The smallest absolute Gasteiger partial charge is 0.171 e. The topological polar surface area (TPSA) is 48.5 Å². The van der Waals surface area contributed by atoms with E-state index in [-0.39, 0.29) is 6.04 Å². The van der Waals surface area contributed by atoms with Gasteiger partial charge in [0.05, 0.1) is 6.04 Å². The third-order valence-electron chi connectivity index (χ3n) is 3.71. The largest absolute Gasteiger partial charge is 0.361 e. The van der Waals surface area contributed by atoms with Crippen LogP contribution in [-0.4, -0.2) is 12.3 Å². The zero-order chi connectivity index (χ0) is 16.1. The molecule has 0 amide bonds. The van der Waals surface area contributed by atoms with Gasteiger partial charge < -0.3 is 16.0 Å². The number of para-hydroxylation sites is 2. The minimum absolute atomic E-state index is 0.211. The molecule has 3 N–H and O–H groups in total. The Hall–Kier alpha value is -2.75. The third kappa shape index (κ3) is 3.92.